The number of anilines is 2. The third-order valence-electron chi connectivity index (χ3n) is 5.75. The molecule has 4 aromatic carbocycles. The van der Waals surface area contributed by atoms with E-state index in [0.717, 1.165) is 45.9 Å². The van der Waals surface area contributed by atoms with Gasteiger partial charge in [-0.15, -0.1) is 0 Å². The van der Waals surface area contributed by atoms with Gasteiger partial charge < -0.3 is 14.4 Å². The zero-order chi connectivity index (χ0) is 25.5. The van der Waals surface area contributed by atoms with Gasteiger partial charge in [-0.25, -0.2) is 8.42 Å². The quantitative estimate of drug-likeness (QED) is 0.273. The van der Waals surface area contributed by atoms with Gasteiger partial charge in [0.15, 0.2) is 0 Å². The lowest BCUT2D eigenvalue weighted by atomic mass is 10.1. The molecule has 1 N–H and O–H groups in total. The summed E-state index contributed by atoms with van der Waals surface area (Å²) in [4.78, 5) is 2.23. The van der Waals surface area contributed by atoms with E-state index in [-0.39, 0.29) is 0 Å². The van der Waals surface area contributed by atoms with E-state index < -0.39 is 10.0 Å². The van der Waals surface area contributed by atoms with Crippen molar-refractivity contribution in [3.8, 4) is 17.2 Å². The fraction of sp³-hybridized carbons (Fsp3) is 0.172. The summed E-state index contributed by atoms with van der Waals surface area (Å²) in [6.45, 7) is 3.19. The molecule has 0 atom stereocenters. The molecule has 186 valence electrons. The van der Waals surface area contributed by atoms with Crippen molar-refractivity contribution in [3.05, 3.63) is 114 Å². The van der Waals surface area contributed by atoms with Crippen molar-refractivity contribution in [2.24, 2.45) is 0 Å². The van der Waals surface area contributed by atoms with Crippen LogP contribution in [0.4, 0.5) is 11.4 Å². The Morgan fingerprint density at radius 3 is 1.83 bits per heavy atom. The number of para-hydroxylation sites is 1. The SMILES string of the molecule is COc1ccc(CN(Cc2ccc(Oc3ccccc3)cc2)c2cccc(NS(C)(=O)=O)c2C)cc1. The van der Waals surface area contributed by atoms with E-state index >= 15 is 0 Å². The Kier molecular flexibility index (Phi) is 7.80. The van der Waals surface area contributed by atoms with Crippen LogP contribution >= 0.6 is 0 Å². The minimum Gasteiger partial charge on any atom is -0.497 e. The molecule has 36 heavy (non-hydrogen) atoms. The van der Waals surface area contributed by atoms with Crippen LogP contribution in [0.5, 0.6) is 17.2 Å². The van der Waals surface area contributed by atoms with Crippen molar-refractivity contribution < 1.29 is 17.9 Å². The molecule has 7 heteroatoms. The van der Waals surface area contributed by atoms with E-state index in [2.05, 4.69) is 9.62 Å². The fourth-order valence-corrected chi connectivity index (χ4v) is 4.58. The second-order valence-corrected chi connectivity index (χ2v) is 10.3. The first-order valence-electron chi connectivity index (χ1n) is 11.6. The highest BCUT2D eigenvalue weighted by atomic mass is 32.2. The number of sulfonamides is 1. The molecule has 0 radical (unpaired) electrons. The highest BCUT2D eigenvalue weighted by Crippen LogP contribution is 2.31. The standard InChI is InChI=1S/C29H30N2O4S/c1-22-28(30-36(3,32)33)10-7-11-29(22)31(20-23-12-16-25(34-2)17-13-23)21-24-14-18-27(19-15-24)35-26-8-5-4-6-9-26/h4-19,30H,20-21H2,1-3H3. The molecule has 4 aromatic rings. The first-order chi connectivity index (χ1) is 17.3. The van der Waals surface area contributed by atoms with E-state index in [1.165, 1.54) is 0 Å². The lowest BCUT2D eigenvalue weighted by molar-refractivity contribution is 0.414. The third kappa shape index (κ3) is 6.79. The number of benzene rings is 4. The van der Waals surface area contributed by atoms with Crippen LogP contribution in [0.3, 0.4) is 0 Å². The van der Waals surface area contributed by atoms with Gasteiger partial charge in [-0.05, 0) is 72.1 Å². The summed E-state index contributed by atoms with van der Waals surface area (Å²) in [5, 5.41) is 0. The van der Waals surface area contributed by atoms with Crippen LogP contribution in [0.25, 0.3) is 0 Å². The summed E-state index contributed by atoms with van der Waals surface area (Å²) in [7, 11) is -1.75. The van der Waals surface area contributed by atoms with Crippen molar-refractivity contribution >= 4 is 21.4 Å². The molecule has 0 spiro atoms. The van der Waals surface area contributed by atoms with Crippen molar-refractivity contribution in [2.75, 3.05) is 23.0 Å². The van der Waals surface area contributed by atoms with E-state index in [4.69, 9.17) is 9.47 Å². The number of ether oxygens (including phenoxy) is 2. The molecule has 0 aromatic heterocycles. The van der Waals surface area contributed by atoms with Crippen molar-refractivity contribution in [3.63, 3.8) is 0 Å². The predicted molar refractivity (Wildman–Crippen MR) is 145 cm³/mol. The largest absolute Gasteiger partial charge is 0.497 e. The lowest BCUT2D eigenvalue weighted by Crippen LogP contribution is -2.23. The highest BCUT2D eigenvalue weighted by Gasteiger charge is 2.15. The first kappa shape index (κ1) is 25.1. The molecule has 0 aliphatic rings. The average Bonchev–Trinajstić information content (AvgIpc) is 2.86. The van der Waals surface area contributed by atoms with Crippen LogP contribution < -0.4 is 19.1 Å². The number of nitrogens with zero attached hydrogens (tertiary/aromatic N) is 1. The molecule has 4 rings (SSSR count). The average molecular weight is 503 g/mol. The number of methoxy groups -OCH3 is 1. The van der Waals surface area contributed by atoms with Crippen LogP contribution in [-0.4, -0.2) is 21.8 Å². The summed E-state index contributed by atoms with van der Waals surface area (Å²) < 4.78 is 37.6. The van der Waals surface area contributed by atoms with Gasteiger partial charge in [0.05, 0.1) is 19.1 Å². The Hall–Kier alpha value is -3.97. The topological polar surface area (TPSA) is 67.9 Å². The van der Waals surface area contributed by atoms with Crippen molar-refractivity contribution in [2.45, 2.75) is 20.0 Å². The normalized spacial score (nSPS) is 11.1. The maximum Gasteiger partial charge on any atom is 0.229 e. The second kappa shape index (κ2) is 11.2. The first-order valence-corrected chi connectivity index (χ1v) is 13.5. The summed E-state index contributed by atoms with van der Waals surface area (Å²) in [5.41, 5.74) is 4.59. The Morgan fingerprint density at radius 1 is 0.722 bits per heavy atom. The second-order valence-electron chi connectivity index (χ2n) is 8.59. The Morgan fingerprint density at radius 2 is 1.28 bits per heavy atom. The van der Waals surface area contributed by atoms with Crippen LogP contribution in [0.1, 0.15) is 16.7 Å². The number of hydrogen-bond donors (Lipinski definition) is 1. The molecule has 0 unspecified atom stereocenters. The van der Waals surface area contributed by atoms with Crippen LogP contribution in [-0.2, 0) is 23.1 Å². The van der Waals surface area contributed by atoms with Gasteiger partial charge in [0.2, 0.25) is 10.0 Å². The molecule has 0 aliphatic carbocycles. The van der Waals surface area contributed by atoms with E-state index in [1.54, 1.807) is 13.2 Å². The van der Waals surface area contributed by atoms with E-state index in [0.29, 0.717) is 18.8 Å². The lowest BCUT2D eigenvalue weighted by Gasteiger charge is -2.28. The van der Waals surface area contributed by atoms with Gasteiger partial charge in [-0.2, -0.15) is 0 Å². The van der Waals surface area contributed by atoms with Gasteiger partial charge in [0.25, 0.3) is 0 Å². The predicted octanol–water partition coefficient (Wildman–Crippen LogP) is 6.37. The maximum absolute atomic E-state index is 11.9. The minimum absolute atomic E-state index is 0.571. The number of hydrogen-bond acceptors (Lipinski definition) is 5. The van der Waals surface area contributed by atoms with Gasteiger partial charge in [-0.1, -0.05) is 48.5 Å². The third-order valence-corrected chi connectivity index (χ3v) is 6.34. The van der Waals surface area contributed by atoms with E-state index in [9.17, 15) is 8.42 Å². The van der Waals surface area contributed by atoms with Crippen molar-refractivity contribution in [1.82, 2.24) is 0 Å². The summed E-state index contributed by atoms with van der Waals surface area (Å²) in [5.74, 6) is 2.36. The molecule has 0 aliphatic heterocycles. The maximum atomic E-state index is 11.9. The van der Waals surface area contributed by atoms with Crippen LogP contribution in [0, 0.1) is 6.92 Å². The molecule has 0 saturated carbocycles. The molecule has 0 heterocycles. The summed E-state index contributed by atoms with van der Waals surface area (Å²) in [6, 6.07) is 31.3. The van der Waals surface area contributed by atoms with E-state index in [1.807, 2.05) is 97.9 Å². The van der Waals surface area contributed by atoms with Crippen LogP contribution in [0.15, 0.2) is 97.1 Å². The summed E-state index contributed by atoms with van der Waals surface area (Å²) in [6.07, 6.45) is 1.16. The minimum atomic E-state index is -3.39. The molecule has 0 fully saturated rings. The van der Waals surface area contributed by atoms with Crippen molar-refractivity contribution in [1.29, 1.82) is 0 Å². The molecular formula is C29H30N2O4S. The molecule has 0 bridgehead atoms. The Bertz CT molecular complexity index is 1390. The highest BCUT2D eigenvalue weighted by molar-refractivity contribution is 7.92. The van der Waals surface area contributed by atoms with Gasteiger partial charge in [0, 0.05) is 18.8 Å². The molecular weight excluding hydrogens is 472 g/mol. The monoisotopic (exact) mass is 502 g/mol. The Labute approximate surface area is 213 Å². The smallest absolute Gasteiger partial charge is 0.229 e. The van der Waals surface area contributed by atoms with Gasteiger partial charge in [0.1, 0.15) is 17.2 Å². The molecule has 0 saturated heterocycles. The summed E-state index contributed by atoms with van der Waals surface area (Å²) >= 11 is 0. The van der Waals surface area contributed by atoms with Crippen LogP contribution in [0.2, 0.25) is 0 Å². The molecule has 0 amide bonds. The van der Waals surface area contributed by atoms with Gasteiger partial charge in [-0.3, -0.25) is 4.72 Å². The number of nitrogens with one attached hydrogen (secondary N) is 1. The zero-order valence-corrected chi connectivity index (χ0v) is 21.5. The Balaban J connectivity index is 1.61. The fourth-order valence-electron chi connectivity index (χ4n) is 3.96. The molecule has 6 nitrogen and oxygen atoms in total. The van der Waals surface area contributed by atoms with Gasteiger partial charge >= 0.3 is 0 Å². The number of rotatable bonds is 10. The zero-order valence-electron chi connectivity index (χ0n) is 20.6.